The minimum atomic E-state index is -0.301. The highest BCUT2D eigenvalue weighted by Crippen LogP contribution is 2.26. The molecule has 0 saturated heterocycles. The molecule has 0 aliphatic rings. The summed E-state index contributed by atoms with van der Waals surface area (Å²) in [7, 11) is 1.63. The summed E-state index contributed by atoms with van der Waals surface area (Å²) in [6.45, 7) is 6.30. The van der Waals surface area contributed by atoms with E-state index in [1.165, 1.54) is 11.8 Å². The summed E-state index contributed by atoms with van der Waals surface area (Å²) >= 11 is 1.40. The minimum absolute atomic E-state index is 0.0442. The van der Waals surface area contributed by atoms with E-state index in [4.69, 9.17) is 4.74 Å². The second-order valence-electron chi connectivity index (χ2n) is 6.53. The molecule has 1 aromatic heterocycles. The molecule has 0 fully saturated rings. The van der Waals surface area contributed by atoms with Gasteiger partial charge < -0.3 is 10.1 Å². The Morgan fingerprint density at radius 3 is 2.61 bits per heavy atom. The largest absolute Gasteiger partial charge is 0.497 e. The average Bonchev–Trinajstić information content (AvgIpc) is 3.06. The molecule has 0 radical (unpaired) electrons. The molecule has 0 aliphatic heterocycles. The topological polar surface area (TPSA) is 69.0 Å². The zero-order chi connectivity index (χ0) is 20.1. The van der Waals surface area contributed by atoms with Crippen LogP contribution >= 0.6 is 11.8 Å². The Hall–Kier alpha value is -2.80. The van der Waals surface area contributed by atoms with Crippen molar-refractivity contribution in [2.75, 3.05) is 7.11 Å². The van der Waals surface area contributed by atoms with Gasteiger partial charge in [-0.25, -0.2) is 0 Å². The monoisotopic (exact) mass is 396 g/mol. The van der Waals surface area contributed by atoms with Gasteiger partial charge in [-0.05, 0) is 56.2 Å². The molecule has 0 saturated carbocycles. The van der Waals surface area contributed by atoms with Gasteiger partial charge in [0.1, 0.15) is 11.6 Å². The van der Waals surface area contributed by atoms with Crippen molar-refractivity contribution in [1.29, 1.82) is 0 Å². The number of hydrogen-bond donors (Lipinski definition) is 1. The van der Waals surface area contributed by atoms with Gasteiger partial charge >= 0.3 is 0 Å². The summed E-state index contributed by atoms with van der Waals surface area (Å²) in [4.78, 5) is 12.5. The third-order valence-electron chi connectivity index (χ3n) is 4.33. The molecule has 0 aliphatic carbocycles. The summed E-state index contributed by atoms with van der Waals surface area (Å²) in [5.74, 6) is 1.54. The number of hydrogen-bond acceptors (Lipinski definition) is 5. The fourth-order valence-corrected chi connectivity index (χ4v) is 3.71. The normalized spacial score (nSPS) is 11.9. The Morgan fingerprint density at radius 1 is 1.18 bits per heavy atom. The molecule has 0 bridgehead atoms. The SMILES string of the molecule is COc1ccc(CNC(=O)[C@H](C)Sc2nnc(C)n2-c2cccc(C)c2)cc1. The standard InChI is InChI=1S/C21H24N4O2S/c1-14-6-5-7-18(12-14)25-16(3)23-24-21(25)28-15(2)20(26)22-13-17-8-10-19(27-4)11-9-17/h5-12,15H,13H2,1-4H3,(H,22,26)/t15-/m0/s1. The van der Waals surface area contributed by atoms with Crippen LogP contribution in [0.3, 0.4) is 0 Å². The lowest BCUT2D eigenvalue weighted by atomic mass is 10.2. The van der Waals surface area contributed by atoms with Crippen molar-refractivity contribution in [3.63, 3.8) is 0 Å². The van der Waals surface area contributed by atoms with Crippen LogP contribution in [-0.2, 0) is 11.3 Å². The first kappa shape index (κ1) is 19.9. The summed E-state index contributed by atoms with van der Waals surface area (Å²) in [6, 6.07) is 15.8. The van der Waals surface area contributed by atoms with Gasteiger partial charge in [0.05, 0.1) is 12.4 Å². The number of benzene rings is 2. The Labute approximate surface area is 169 Å². The van der Waals surface area contributed by atoms with E-state index in [2.05, 4.69) is 21.6 Å². The van der Waals surface area contributed by atoms with Gasteiger partial charge in [0, 0.05) is 12.2 Å². The van der Waals surface area contributed by atoms with Crippen LogP contribution in [0.5, 0.6) is 5.75 Å². The summed E-state index contributed by atoms with van der Waals surface area (Å²) in [5, 5.41) is 11.8. The lowest BCUT2D eigenvalue weighted by Crippen LogP contribution is -2.30. The summed E-state index contributed by atoms with van der Waals surface area (Å²) < 4.78 is 7.13. The molecule has 3 rings (SSSR count). The number of aromatic nitrogens is 3. The molecule has 146 valence electrons. The van der Waals surface area contributed by atoms with Crippen LogP contribution in [-0.4, -0.2) is 33.0 Å². The van der Waals surface area contributed by atoms with Crippen molar-refractivity contribution in [3.8, 4) is 11.4 Å². The Bertz CT molecular complexity index is 953. The third-order valence-corrected chi connectivity index (χ3v) is 5.37. The molecule has 6 nitrogen and oxygen atoms in total. The molecular formula is C21H24N4O2S. The first-order chi connectivity index (χ1) is 13.5. The number of nitrogens with one attached hydrogen (secondary N) is 1. The smallest absolute Gasteiger partial charge is 0.233 e. The van der Waals surface area contributed by atoms with Crippen molar-refractivity contribution in [3.05, 3.63) is 65.5 Å². The fraction of sp³-hybridized carbons (Fsp3) is 0.286. The first-order valence-electron chi connectivity index (χ1n) is 9.04. The van der Waals surface area contributed by atoms with Gasteiger partial charge in [-0.3, -0.25) is 9.36 Å². The lowest BCUT2D eigenvalue weighted by molar-refractivity contribution is -0.120. The van der Waals surface area contributed by atoms with Crippen molar-refractivity contribution in [2.24, 2.45) is 0 Å². The predicted octanol–water partition coefficient (Wildman–Crippen LogP) is 3.69. The number of nitrogens with zero attached hydrogens (tertiary/aromatic N) is 3. The van der Waals surface area contributed by atoms with Crippen LogP contribution in [0.25, 0.3) is 5.69 Å². The van der Waals surface area contributed by atoms with Gasteiger partial charge in [0.2, 0.25) is 5.91 Å². The van der Waals surface area contributed by atoms with Crippen LogP contribution in [0, 0.1) is 13.8 Å². The highest BCUT2D eigenvalue weighted by molar-refractivity contribution is 8.00. The van der Waals surface area contributed by atoms with Crippen LogP contribution in [0.15, 0.2) is 53.7 Å². The molecule has 1 amide bonds. The van der Waals surface area contributed by atoms with Gasteiger partial charge in [-0.2, -0.15) is 0 Å². The van der Waals surface area contributed by atoms with E-state index in [1.807, 2.05) is 67.8 Å². The Kier molecular flexibility index (Phi) is 6.36. The maximum Gasteiger partial charge on any atom is 0.233 e. The van der Waals surface area contributed by atoms with E-state index >= 15 is 0 Å². The van der Waals surface area contributed by atoms with Gasteiger partial charge in [-0.15, -0.1) is 10.2 Å². The Morgan fingerprint density at radius 2 is 1.93 bits per heavy atom. The third kappa shape index (κ3) is 4.72. The zero-order valence-corrected chi connectivity index (χ0v) is 17.3. The number of carbonyl (C=O) groups is 1. The van der Waals surface area contributed by atoms with Crippen LogP contribution < -0.4 is 10.1 Å². The highest BCUT2D eigenvalue weighted by Gasteiger charge is 2.19. The Balaban J connectivity index is 1.65. The lowest BCUT2D eigenvalue weighted by Gasteiger charge is -2.13. The molecule has 1 atom stereocenters. The van der Waals surface area contributed by atoms with Crippen LogP contribution in [0.2, 0.25) is 0 Å². The van der Waals surface area contributed by atoms with E-state index in [0.29, 0.717) is 11.7 Å². The second-order valence-corrected chi connectivity index (χ2v) is 7.84. The average molecular weight is 397 g/mol. The molecule has 1 heterocycles. The summed E-state index contributed by atoms with van der Waals surface area (Å²) in [6.07, 6.45) is 0. The van der Waals surface area contributed by atoms with Crippen LogP contribution in [0.4, 0.5) is 0 Å². The van der Waals surface area contributed by atoms with Crippen molar-refractivity contribution in [1.82, 2.24) is 20.1 Å². The second kappa shape index (κ2) is 8.93. The van der Waals surface area contributed by atoms with E-state index in [1.54, 1.807) is 7.11 Å². The predicted molar refractivity (Wildman–Crippen MR) is 111 cm³/mol. The number of amides is 1. The highest BCUT2D eigenvalue weighted by atomic mass is 32.2. The van der Waals surface area contributed by atoms with Crippen LogP contribution in [0.1, 0.15) is 23.9 Å². The van der Waals surface area contributed by atoms with Crippen molar-refractivity contribution < 1.29 is 9.53 Å². The first-order valence-corrected chi connectivity index (χ1v) is 9.92. The van der Waals surface area contributed by atoms with E-state index in [-0.39, 0.29) is 11.2 Å². The maximum absolute atomic E-state index is 12.5. The molecule has 0 unspecified atom stereocenters. The number of aryl methyl sites for hydroxylation is 2. The fourth-order valence-electron chi connectivity index (χ4n) is 2.77. The molecule has 28 heavy (non-hydrogen) atoms. The molecule has 7 heteroatoms. The summed E-state index contributed by atoms with van der Waals surface area (Å²) in [5.41, 5.74) is 3.17. The number of rotatable bonds is 7. The van der Waals surface area contributed by atoms with Gasteiger partial charge in [-0.1, -0.05) is 36.0 Å². The van der Waals surface area contributed by atoms with E-state index in [0.717, 1.165) is 28.4 Å². The van der Waals surface area contributed by atoms with Gasteiger partial charge in [0.15, 0.2) is 5.16 Å². The number of methoxy groups -OCH3 is 1. The molecule has 2 aromatic carbocycles. The molecule has 1 N–H and O–H groups in total. The van der Waals surface area contributed by atoms with Crippen molar-refractivity contribution in [2.45, 2.75) is 37.7 Å². The number of ether oxygens (including phenoxy) is 1. The number of thioether (sulfide) groups is 1. The van der Waals surface area contributed by atoms with E-state index in [9.17, 15) is 4.79 Å². The zero-order valence-electron chi connectivity index (χ0n) is 16.5. The quantitative estimate of drug-likeness (QED) is 0.617. The maximum atomic E-state index is 12.5. The molecule has 0 spiro atoms. The number of carbonyl (C=O) groups excluding carboxylic acids is 1. The van der Waals surface area contributed by atoms with Gasteiger partial charge in [0.25, 0.3) is 0 Å². The molecular weight excluding hydrogens is 372 g/mol. The minimum Gasteiger partial charge on any atom is -0.497 e. The molecule has 3 aromatic rings. The van der Waals surface area contributed by atoms with E-state index < -0.39 is 0 Å². The van der Waals surface area contributed by atoms with Crippen molar-refractivity contribution >= 4 is 17.7 Å².